The molecule has 0 unspecified atom stereocenters. The number of carbonyl (C=O) groups excluding carboxylic acids is 1. The van der Waals surface area contributed by atoms with Gasteiger partial charge in [0.05, 0.1) is 6.54 Å². The van der Waals surface area contributed by atoms with E-state index >= 15 is 0 Å². The number of primary amides is 1. The van der Waals surface area contributed by atoms with Crippen LogP contribution in [-0.4, -0.2) is 17.4 Å². The van der Waals surface area contributed by atoms with Gasteiger partial charge in [0.25, 0.3) is 0 Å². The lowest BCUT2D eigenvalue weighted by Crippen LogP contribution is -2.33. The van der Waals surface area contributed by atoms with Crippen LogP contribution in [0.3, 0.4) is 0 Å². The summed E-state index contributed by atoms with van der Waals surface area (Å²) in [7, 11) is 0. The van der Waals surface area contributed by atoms with Gasteiger partial charge in [-0.25, -0.2) is 0 Å². The second kappa shape index (κ2) is 7.22. The molecule has 0 atom stereocenters. The number of halogens is 1. The van der Waals surface area contributed by atoms with E-state index in [0.717, 1.165) is 10.0 Å². The third kappa shape index (κ3) is 4.79. The molecule has 2 rings (SSSR count). The molecule has 0 bridgehead atoms. The van der Waals surface area contributed by atoms with Crippen molar-refractivity contribution in [1.82, 2.24) is 4.90 Å². The van der Waals surface area contributed by atoms with Gasteiger partial charge in [-0.1, -0.05) is 58.4 Å². The fourth-order valence-electron chi connectivity index (χ4n) is 2.12. The zero-order valence-electron chi connectivity index (χ0n) is 11.1. The Morgan fingerprint density at radius 3 is 2.30 bits per heavy atom. The third-order valence-electron chi connectivity index (χ3n) is 2.92. The van der Waals surface area contributed by atoms with Crippen LogP contribution in [0.4, 0.5) is 0 Å². The topological polar surface area (TPSA) is 46.3 Å². The average molecular weight is 333 g/mol. The van der Waals surface area contributed by atoms with Gasteiger partial charge in [-0.2, -0.15) is 0 Å². The predicted molar refractivity (Wildman–Crippen MR) is 83.9 cm³/mol. The van der Waals surface area contributed by atoms with E-state index in [1.165, 1.54) is 5.56 Å². The summed E-state index contributed by atoms with van der Waals surface area (Å²) < 4.78 is 1.04. The number of carbonyl (C=O) groups is 1. The van der Waals surface area contributed by atoms with Gasteiger partial charge >= 0.3 is 0 Å². The minimum atomic E-state index is -0.309. The molecule has 20 heavy (non-hydrogen) atoms. The third-order valence-corrected chi connectivity index (χ3v) is 3.42. The maximum atomic E-state index is 11.2. The second-order valence-corrected chi connectivity index (χ2v) is 5.64. The highest BCUT2D eigenvalue weighted by atomic mass is 79.9. The van der Waals surface area contributed by atoms with Gasteiger partial charge in [-0.15, -0.1) is 0 Å². The zero-order chi connectivity index (χ0) is 14.4. The van der Waals surface area contributed by atoms with Crippen LogP contribution in [0.15, 0.2) is 59.1 Å². The highest BCUT2D eigenvalue weighted by Crippen LogP contribution is 2.15. The lowest BCUT2D eigenvalue weighted by atomic mass is 10.1. The van der Waals surface area contributed by atoms with Crippen LogP contribution in [0.2, 0.25) is 0 Å². The van der Waals surface area contributed by atoms with Crippen molar-refractivity contribution in [2.75, 3.05) is 6.54 Å². The van der Waals surface area contributed by atoms with Crippen molar-refractivity contribution >= 4 is 21.8 Å². The standard InChI is InChI=1S/C16H17BrN2O/c17-15-8-4-7-14(9-15)11-19(12-16(18)20)10-13-5-2-1-3-6-13/h1-9H,10-12H2,(H2,18,20). The fraction of sp³-hybridized carbons (Fsp3) is 0.188. The molecule has 0 spiro atoms. The fourth-order valence-corrected chi connectivity index (χ4v) is 2.57. The Morgan fingerprint density at radius 2 is 1.65 bits per heavy atom. The van der Waals surface area contributed by atoms with Gasteiger partial charge in [-0.05, 0) is 23.3 Å². The van der Waals surface area contributed by atoms with Crippen molar-refractivity contribution in [1.29, 1.82) is 0 Å². The first kappa shape index (κ1) is 14.8. The van der Waals surface area contributed by atoms with Crippen LogP contribution >= 0.6 is 15.9 Å². The van der Waals surface area contributed by atoms with Crippen LogP contribution in [0, 0.1) is 0 Å². The highest BCUT2D eigenvalue weighted by molar-refractivity contribution is 9.10. The number of nitrogens with zero attached hydrogens (tertiary/aromatic N) is 1. The van der Waals surface area contributed by atoms with E-state index < -0.39 is 0 Å². The van der Waals surface area contributed by atoms with Gasteiger partial charge in [0.15, 0.2) is 0 Å². The van der Waals surface area contributed by atoms with E-state index in [2.05, 4.69) is 34.1 Å². The number of hydrogen-bond acceptors (Lipinski definition) is 2. The number of hydrogen-bond donors (Lipinski definition) is 1. The first-order valence-electron chi connectivity index (χ1n) is 6.42. The SMILES string of the molecule is NC(=O)CN(Cc1ccccc1)Cc1cccc(Br)c1. The van der Waals surface area contributed by atoms with Crippen LogP contribution < -0.4 is 5.73 Å². The van der Waals surface area contributed by atoms with Gasteiger partial charge in [0.1, 0.15) is 0 Å². The maximum Gasteiger partial charge on any atom is 0.231 e. The van der Waals surface area contributed by atoms with Crippen molar-refractivity contribution in [3.63, 3.8) is 0 Å². The van der Waals surface area contributed by atoms with Gasteiger partial charge in [0, 0.05) is 17.6 Å². The van der Waals surface area contributed by atoms with E-state index in [4.69, 9.17) is 5.73 Å². The Morgan fingerprint density at radius 1 is 1.00 bits per heavy atom. The van der Waals surface area contributed by atoms with E-state index in [1.807, 2.05) is 41.3 Å². The van der Waals surface area contributed by atoms with Crippen molar-refractivity contribution in [2.45, 2.75) is 13.1 Å². The Hall–Kier alpha value is -1.65. The molecule has 0 aliphatic rings. The van der Waals surface area contributed by atoms with Crippen LogP contribution in [0.25, 0.3) is 0 Å². The summed E-state index contributed by atoms with van der Waals surface area (Å²) in [6.07, 6.45) is 0. The van der Waals surface area contributed by atoms with Gasteiger partial charge in [0.2, 0.25) is 5.91 Å². The zero-order valence-corrected chi connectivity index (χ0v) is 12.7. The van der Waals surface area contributed by atoms with Crippen molar-refractivity contribution < 1.29 is 4.79 Å². The van der Waals surface area contributed by atoms with Crippen LogP contribution in [0.5, 0.6) is 0 Å². The molecule has 4 heteroatoms. The Labute approximate surface area is 127 Å². The molecule has 2 aromatic rings. The molecule has 104 valence electrons. The molecule has 0 aliphatic heterocycles. The van der Waals surface area contributed by atoms with Crippen LogP contribution in [0.1, 0.15) is 11.1 Å². The van der Waals surface area contributed by atoms with Crippen molar-refractivity contribution in [3.8, 4) is 0 Å². The Balaban J connectivity index is 2.09. The summed E-state index contributed by atoms with van der Waals surface area (Å²) in [4.78, 5) is 13.3. The van der Waals surface area contributed by atoms with E-state index in [9.17, 15) is 4.79 Å². The monoisotopic (exact) mass is 332 g/mol. The number of amides is 1. The van der Waals surface area contributed by atoms with Crippen molar-refractivity contribution in [2.24, 2.45) is 5.73 Å². The summed E-state index contributed by atoms with van der Waals surface area (Å²) in [6.45, 7) is 1.65. The minimum Gasteiger partial charge on any atom is -0.369 e. The summed E-state index contributed by atoms with van der Waals surface area (Å²) in [6, 6.07) is 18.2. The molecule has 1 amide bonds. The molecule has 0 radical (unpaired) electrons. The molecular formula is C16H17BrN2O. The van der Waals surface area contributed by atoms with E-state index in [-0.39, 0.29) is 12.5 Å². The molecule has 3 nitrogen and oxygen atoms in total. The Kier molecular flexibility index (Phi) is 5.32. The van der Waals surface area contributed by atoms with Gasteiger partial charge < -0.3 is 5.73 Å². The average Bonchev–Trinajstić information content (AvgIpc) is 2.39. The second-order valence-electron chi connectivity index (χ2n) is 4.73. The van der Waals surface area contributed by atoms with Crippen molar-refractivity contribution in [3.05, 3.63) is 70.2 Å². The molecule has 0 saturated heterocycles. The van der Waals surface area contributed by atoms with Crippen LogP contribution in [-0.2, 0) is 17.9 Å². The molecule has 0 fully saturated rings. The first-order chi connectivity index (χ1) is 9.63. The maximum absolute atomic E-state index is 11.2. The highest BCUT2D eigenvalue weighted by Gasteiger charge is 2.10. The molecule has 2 aromatic carbocycles. The Bertz CT molecular complexity index is 572. The molecule has 0 saturated carbocycles. The lowest BCUT2D eigenvalue weighted by molar-refractivity contribution is -0.119. The molecular weight excluding hydrogens is 316 g/mol. The summed E-state index contributed by atoms with van der Waals surface area (Å²) in [5.41, 5.74) is 7.66. The molecule has 0 heterocycles. The van der Waals surface area contributed by atoms with E-state index in [1.54, 1.807) is 0 Å². The normalized spacial score (nSPS) is 10.7. The van der Waals surface area contributed by atoms with E-state index in [0.29, 0.717) is 13.1 Å². The molecule has 0 aromatic heterocycles. The minimum absolute atomic E-state index is 0.251. The number of nitrogens with two attached hydrogens (primary N) is 1. The number of benzene rings is 2. The summed E-state index contributed by atoms with van der Waals surface area (Å²) in [5.74, 6) is -0.309. The summed E-state index contributed by atoms with van der Waals surface area (Å²) in [5, 5.41) is 0. The molecule has 2 N–H and O–H groups in total. The predicted octanol–water partition coefficient (Wildman–Crippen LogP) is 2.94. The largest absolute Gasteiger partial charge is 0.369 e. The first-order valence-corrected chi connectivity index (χ1v) is 7.22. The lowest BCUT2D eigenvalue weighted by Gasteiger charge is -2.21. The summed E-state index contributed by atoms with van der Waals surface area (Å²) >= 11 is 3.46. The number of rotatable bonds is 6. The quantitative estimate of drug-likeness (QED) is 0.883. The van der Waals surface area contributed by atoms with Gasteiger partial charge in [-0.3, -0.25) is 9.69 Å². The smallest absolute Gasteiger partial charge is 0.231 e. The molecule has 0 aliphatic carbocycles.